The average Bonchev–Trinajstić information content (AvgIpc) is 2.88. The minimum Gasteiger partial charge on any atom is -0.381 e. The number of nitrogens with zero attached hydrogens (tertiary/aromatic N) is 2. The van der Waals surface area contributed by atoms with Gasteiger partial charge in [0.25, 0.3) is 0 Å². The van der Waals surface area contributed by atoms with Crippen molar-refractivity contribution in [1.29, 1.82) is 0 Å². The Morgan fingerprint density at radius 3 is 2.74 bits per heavy atom. The fourth-order valence-electron chi connectivity index (χ4n) is 2.69. The van der Waals surface area contributed by atoms with Gasteiger partial charge >= 0.3 is 0 Å². The van der Waals surface area contributed by atoms with Gasteiger partial charge in [-0.2, -0.15) is 4.98 Å². The molecule has 0 aromatic carbocycles. The van der Waals surface area contributed by atoms with Crippen LogP contribution in [-0.4, -0.2) is 35.9 Å². The molecule has 5 nitrogen and oxygen atoms in total. The van der Waals surface area contributed by atoms with E-state index in [9.17, 15) is 0 Å². The number of ether oxygens (including phenoxy) is 1. The van der Waals surface area contributed by atoms with Crippen molar-refractivity contribution in [3.8, 4) is 0 Å². The molecule has 1 N–H and O–H groups in total. The highest BCUT2D eigenvalue weighted by molar-refractivity contribution is 4.97. The van der Waals surface area contributed by atoms with Crippen LogP contribution in [0.4, 0.5) is 0 Å². The molecule has 1 atom stereocenters. The largest absolute Gasteiger partial charge is 0.381 e. The summed E-state index contributed by atoms with van der Waals surface area (Å²) in [5.74, 6) is 2.01. The first-order valence-corrected chi connectivity index (χ1v) is 7.31. The van der Waals surface area contributed by atoms with Gasteiger partial charge in [0.15, 0.2) is 5.82 Å². The van der Waals surface area contributed by atoms with Crippen molar-refractivity contribution in [1.82, 2.24) is 15.5 Å². The third-order valence-electron chi connectivity index (χ3n) is 3.93. The predicted octanol–water partition coefficient (Wildman–Crippen LogP) is 2.28. The van der Waals surface area contributed by atoms with Crippen LogP contribution >= 0.6 is 0 Å². The molecule has 108 valence electrons. The van der Waals surface area contributed by atoms with Gasteiger partial charge in [-0.1, -0.05) is 12.1 Å². The topological polar surface area (TPSA) is 60.2 Å². The monoisotopic (exact) mass is 267 g/mol. The van der Waals surface area contributed by atoms with Crippen molar-refractivity contribution in [2.45, 2.75) is 64.0 Å². The third-order valence-corrected chi connectivity index (χ3v) is 3.93. The Balaban J connectivity index is 1.86. The van der Waals surface area contributed by atoms with Crippen LogP contribution in [-0.2, 0) is 11.2 Å². The van der Waals surface area contributed by atoms with Crippen LogP contribution in [0.15, 0.2) is 4.52 Å². The summed E-state index contributed by atoms with van der Waals surface area (Å²) in [4.78, 5) is 4.51. The molecule has 1 aromatic rings. The SMILES string of the molecule is CCNC1CCC(c2nc(CC(C)OC)no2)CC1. The number of aromatic nitrogens is 2. The molecule has 1 fully saturated rings. The molecule has 0 bridgehead atoms. The molecule has 2 rings (SSSR count). The van der Waals surface area contributed by atoms with Gasteiger partial charge in [-0.3, -0.25) is 0 Å². The summed E-state index contributed by atoms with van der Waals surface area (Å²) < 4.78 is 10.6. The van der Waals surface area contributed by atoms with Gasteiger partial charge in [0.2, 0.25) is 5.89 Å². The summed E-state index contributed by atoms with van der Waals surface area (Å²) in [6.07, 6.45) is 5.52. The highest BCUT2D eigenvalue weighted by atomic mass is 16.5. The molecule has 0 saturated heterocycles. The summed E-state index contributed by atoms with van der Waals surface area (Å²) in [5.41, 5.74) is 0. The molecule has 1 aliphatic carbocycles. The zero-order valence-electron chi connectivity index (χ0n) is 12.2. The van der Waals surface area contributed by atoms with Crippen LogP contribution in [0.25, 0.3) is 0 Å². The van der Waals surface area contributed by atoms with Crippen molar-refractivity contribution < 1.29 is 9.26 Å². The van der Waals surface area contributed by atoms with Crippen LogP contribution in [0, 0.1) is 0 Å². The number of methoxy groups -OCH3 is 1. The predicted molar refractivity (Wildman–Crippen MR) is 73.1 cm³/mol. The Kier molecular flexibility index (Phi) is 5.34. The number of hydrogen-bond donors (Lipinski definition) is 1. The quantitative estimate of drug-likeness (QED) is 0.857. The molecule has 0 spiro atoms. The second-order valence-electron chi connectivity index (χ2n) is 5.41. The summed E-state index contributed by atoms with van der Waals surface area (Å²) >= 11 is 0. The first-order chi connectivity index (χ1) is 9.22. The molecule has 1 aliphatic rings. The molecular formula is C14H25N3O2. The average molecular weight is 267 g/mol. The zero-order valence-corrected chi connectivity index (χ0v) is 12.2. The van der Waals surface area contributed by atoms with E-state index >= 15 is 0 Å². The Labute approximate surface area is 115 Å². The van der Waals surface area contributed by atoms with E-state index in [1.165, 1.54) is 12.8 Å². The van der Waals surface area contributed by atoms with Gasteiger partial charge in [-0.05, 0) is 39.2 Å². The lowest BCUT2D eigenvalue weighted by Crippen LogP contribution is -2.32. The lowest BCUT2D eigenvalue weighted by Gasteiger charge is -2.26. The van der Waals surface area contributed by atoms with E-state index in [0.717, 1.165) is 31.1 Å². The van der Waals surface area contributed by atoms with Gasteiger partial charge < -0.3 is 14.6 Å². The normalized spacial score (nSPS) is 25.4. The second kappa shape index (κ2) is 7.01. The van der Waals surface area contributed by atoms with Gasteiger partial charge in [-0.25, -0.2) is 0 Å². The summed E-state index contributed by atoms with van der Waals surface area (Å²) in [5, 5.41) is 7.57. The zero-order chi connectivity index (χ0) is 13.7. The minimum atomic E-state index is 0.134. The van der Waals surface area contributed by atoms with Crippen molar-refractivity contribution in [2.75, 3.05) is 13.7 Å². The standard InChI is InChI=1S/C14H25N3O2/c1-4-15-12-7-5-11(6-8-12)14-16-13(17-19-14)9-10(2)18-3/h10-12,15H,4-9H2,1-3H3. The van der Waals surface area contributed by atoms with Gasteiger partial charge in [0.1, 0.15) is 0 Å². The fraction of sp³-hybridized carbons (Fsp3) is 0.857. The van der Waals surface area contributed by atoms with E-state index in [1.807, 2.05) is 6.92 Å². The lowest BCUT2D eigenvalue weighted by molar-refractivity contribution is 0.116. The van der Waals surface area contributed by atoms with Gasteiger partial charge in [-0.15, -0.1) is 0 Å². The molecule has 0 amide bonds. The van der Waals surface area contributed by atoms with Crippen molar-refractivity contribution in [3.63, 3.8) is 0 Å². The smallest absolute Gasteiger partial charge is 0.229 e. The van der Waals surface area contributed by atoms with Crippen molar-refractivity contribution in [3.05, 3.63) is 11.7 Å². The van der Waals surface area contributed by atoms with Gasteiger partial charge in [0.05, 0.1) is 6.10 Å². The Morgan fingerprint density at radius 2 is 2.11 bits per heavy atom. The summed E-state index contributed by atoms with van der Waals surface area (Å²) in [7, 11) is 1.70. The molecule has 19 heavy (non-hydrogen) atoms. The maximum Gasteiger partial charge on any atom is 0.229 e. The molecule has 1 unspecified atom stereocenters. The third kappa shape index (κ3) is 4.01. The number of nitrogens with one attached hydrogen (secondary N) is 1. The van der Waals surface area contributed by atoms with Crippen LogP contribution in [0.2, 0.25) is 0 Å². The molecule has 5 heteroatoms. The second-order valence-corrected chi connectivity index (χ2v) is 5.41. The maximum absolute atomic E-state index is 5.41. The van der Waals surface area contributed by atoms with Crippen molar-refractivity contribution in [2.24, 2.45) is 0 Å². The van der Waals surface area contributed by atoms with E-state index in [4.69, 9.17) is 9.26 Å². The van der Waals surface area contributed by atoms with Gasteiger partial charge in [0, 0.05) is 25.5 Å². The Hall–Kier alpha value is -0.940. The van der Waals surface area contributed by atoms with Crippen LogP contribution in [0.5, 0.6) is 0 Å². The van der Waals surface area contributed by atoms with Crippen LogP contribution in [0.1, 0.15) is 57.2 Å². The first-order valence-electron chi connectivity index (χ1n) is 7.31. The Bertz CT molecular complexity index is 373. The molecule has 0 radical (unpaired) electrons. The van der Waals surface area contributed by atoms with E-state index in [1.54, 1.807) is 7.11 Å². The van der Waals surface area contributed by atoms with E-state index in [-0.39, 0.29) is 6.10 Å². The highest BCUT2D eigenvalue weighted by Crippen LogP contribution is 2.31. The maximum atomic E-state index is 5.41. The highest BCUT2D eigenvalue weighted by Gasteiger charge is 2.26. The molecule has 0 aliphatic heterocycles. The Morgan fingerprint density at radius 1 is 1.37 bits per heavy atom. The van der Waals surface area contributed by atoms with Crippen molar-refractivity contribution >= 4 is 0 Å². The molecule has 1 heterocycles. The fourth-order valence-corrected chi connectivity index (χ4v) is 2.69. The summed E-state index contributed by atoms with van der Waals surface area (Å²) in [6, 6.07) is 0.664. The van der Waals surface area contributed by atoms with E-state index in [2.05, 4.69) is 22.4 Å². The molecule has 1 saturated carbocycles. The van der Waals surface area contributed by atoms with Crippen LogP contribution in [0.3, 0.4) is 0 Å². The number of rotatable bonds is 6. The minimum absolute atomic E-state index is 0.134. The first kappa shape index (κ1) is 14.5. The number of hydrogen-bond acceptors (Lipinski definition) is 5. The lowest BCUT2D eigenvalue weighted by atomic mass is 9.86. The molecular weight excluding hydrogens is 242 g/mol. The summed E-state index contributed by atoms with van der Waals surface area (Å²) in [6.45, 7) is 5.22. The van der Waals surface area contributed by atoms with E-state index < -0.39 is 0 Å². The van der Waals surface area contributed by atoms with Crippen LogP contribution < -0.4 is 5.32 Å². The molecule has 1 aromatic heterocycles. The van der Waals surface area contributed by atoms with E-state index in [0.29, 0.717) is 18.4 Å².